The molecule has 138 valence electrons. The first-order chi connectivity index (χ1) is 12.6. The highest BCUT2D eigenvalue weighted by atomic mass is 19.1. The number of carbonyl (C=O) groups is 1. The van der Waals surface area contributed by atoms with Crippen LogP contribution in [0.1, 0.15) is 12.0 Å². The number of rotatable bonds is 5. The summed E-state index contributed by atoms with van der Waals surface area (Å²) in [5.74, 6) is 0.886. The van der Waals surface area contributed by atoms with Crippen LogP contribution in [0.5, 0.6) is 5.88 Å². The number of carbonyl (C=O) groups excluding carboxylic acids is 1. The van der Waals surface area contributed by atoms with Gasteiger partial charge in [0.05, 0.1) is 13.2 Å². The molecular formula is C18H22FN5O2. The Kier molecular flexibility index (Phi) is 5.50. The number of anilines is 1. The van der Waals surface area contributed by atoms with Crippen molar-refractivity contribution in [3.63, 3.8) is 0 Å². The maximum Gasteiger partial charge on any atom is 0.317 e. The summed E-state index contributed by atoms with van der Waals surface area (Å²) in [6.45, 7) is 1.79. The van der Waals surface area contributed by atoms with Crippen LogP contribution in [0.2, 0.25) is 0 Å². The minimum absolute atomic E-state index is 0.0648. The molecule has 1 N–H and O–H groups in total. The zero-order valence-electron chi connectivity index (χ0n) is 14.9. The third-order valence-electron chi connectivity index (χ3n) is 4.53. The second kappa shape index (κ2) is 7.99. The lowest BCUT2D eigenvalue weighted by Gasteiger charge is -2.25. The summed E-state index contributed by atoms with van der Waals surface area (Å²) in [5, 5.41) is 2.87. The van der Waals surface area contributed by atoms with Gasteiger partial charge in [-0.05, 0) is 24.1 Å². The van der Waals surface area contributed by atoms with E-state index in [1.807, 2.05) is 0 Å². The van der Waals surface area contributed by atoms with Crippen LogP contribution in [0.15, 0.2) is 36.7 Å². The number of benzene rings is 1. The van der Waals surface area contributed by atoms with Crippen molar-refractivity contribution in [2.24, 2.45) is 0 Å². The van der Waals surface area contributed by atoms with Gasteiger partial charge in [-0.25, -0.2) is 19.2 Å². The first-order valence-electron chi connectivity index (χ1n) is 8.43. The van der Waals surface area contributed by atoms with Crippen molar-refractivity contribution in [1.29, 1.82) is 0 Å². The summed E-state index contributed by atoms with van der Waals surface area (Å²) in [5.41, 5.74) is 0.852. The van der Waals surface area contributed by atoms with Crippen molar-refractivity contribution in [3.8, 4) is 5.88 Å². The van der Waals surface area contributed by atoms with Crippen LogP contribution >= 0.6 is 0 Å². The van der Waals surface area contributed by atoms with E-state index < -0.39 is 0 Å². The molecule has 0 radical (unpaired) electrons. The lowest BCUT2D eigenvalue weighted by atomic mass is 10.2. The zero-order chi connectivity index (χ0) is 18.5. The minimum Gasteiger partial charge on any atom is -0.478 e. The number of nitrogens with one attached hydrogen (secondary N) is 1. The van der Waals surface area contributed by atoms with Crippen LogP contribution in [0.25, 0.3) is 0 Å². The van der Waals surface area contributed by atoms with Crippen LogP contribution in [0, 0.1) is 5.82 Å². The number of hydrogen-bond donors (Lipinski definition) is 1. The summed E-state index contributed by atoms with van der Waals surface area (Å²) in [6.07, 6.45) is 4.05. The molecule has 8 heteroatoms. The van der Waals surface area contributed by atoms with Gasteiger partial charge in [0, 0.05) is 39.1 Å². The molecule has 2 heterocycles. The molecule has 1 atom stereocenters. The van der Waals surface area contributed by atoms with Crippen LogP contribution < -0.4 is 15.0 Å². The van der Waals surface area contributed by atoms with Crippen molar-refractivity contribution in [3.05, 3.63) is 48.0 Å². The molecule has 1 aromatic heterocycles. The van der Waals surface area contributed by atoms with E-state index in [0.29, 0.717) is 24.8 Å². The fourth-order valence-corrected chi connectivity index (χ4v) is 3.00. The molecular weight excluding hydrogens is 337 g/mol. The van der Waals surface area contributed by atoms with E-state index >= 15 is 0 Å². The number of halogens is 1. The van der Waals surface area contributed by atoms with Gasteiger partial charge in [0.25, 0.3) is 5.88 Å². The highest BCUT2D eigenvalue weighted by molar-refractivity contribution is 5.74. The highest BCUT2D eigenvalue weighted by Gasteiger charge is 2.30. The summed E-state index contributed by atoms with van der Waals surface area (Å²) >= 11 is 0. The summed E-state index contributed by atoms with van der Waals surface area (Å²) in [4.78, 5) is 24.7. The van der Waals surface area contributed by atoms with Crippen molar-refractivity contribution >= 4 is 11.8 Å². The Bertz CT molecular complexity index is 756. The Labute approximate surface area is 151 Å². The molecule has 0 bridgehead atoms. The summed E-state index contributed by atoms with van der Waals surface area (Å²) in [6, 6.07) is 5.99. The molecule has 1 saturated heterocycles. The smallest absolute Gasteiger partial charge is 0.317 e. The SMILES string of the molecule is COc1nccnc1N1CCC(N(C)C(=O)NCc2ccc(F)cc2)C1. The minimum atomic E-state index is -0.289. The summed E-state index contributed by atoms with van der Waals surface area (Å²) < 4.78 is 18.2. The fourth-order valence-electron chi connectivity index (χ4n) is 3.00. The molecule has 0 aliphatic carbocycles. The molecule has 1 aromatic carbocycles. The first-order valence-corrected chi connectivity index (χ1v) is 8.43. The Morgan fingerprint density at radius 2 is 2.08 bits per heavy atom. The topological polar surface area (TPSA) is 70.6 Å². The number of hydrogen-bond acceptors (Lipinski definition) is 5. The Hall–Kier alpha value is -2.90. The van der Waals surface area contributed by atoms with Gasteiger partial charge in [-0.3, -0.25) is 0 Å². The van der Waals surface area contributed by atoms with Crippen LogP contribution in [-0.4, -0.2) is 54.2 Å². The number of ether oxygens (including phenoxy) is 1. The Morgan fingerprint density at radius 3 is 2.81 bits per heavy atom. The van der Waals surface area contributed by atoms with Gasteiger partial charge < -0.3 is 19.9 Å². The quantitative estimate of drug-likeness (QED) is 0.885. The summed E-state index contributed by atoms with van der Waals surface area (Å²) in [7, 11) is 3.35. The number of nitrogens with zero attached hydrogens (tertiary/aromatic N) is 4. The second-order valence-electron chi connectivity index (χ2n) is 6.17. The number of urea groups is 1. The Morgan fingerprint density at radius 1 is 1.35 bits per heavy atom. The third-order valence-corrected chi connectivity index (χ3v) is 4.53. The first kappa shape index (κ1) is 17.9. The van der Waals surface area contributed by atoms with Crippen LogP contribution in [0.3, 0.4) is 0 Å². The highest BCUT2D eigenvalue weighted by Crippen LogP contribution is 2.27. The van der Waals surface area contributed by atoms with Crippen molar-refractivity contribution < 1.29 is 13.9 Å². The van der Waals surface area contributed by atoms with Crippen LogP contribution in [0.4, 0.5) is 15.0 Å². The molecule has 0 saturated carbocycles. The molecule has 7 nitrogen and oxygen atoms in total. The fraction of sp³-hybridized carbons (Fsp3) is 0.389. The van der Waals surface area contributed by atoms with Gasteiger partial charge in [0.1, 0.15) is 5.82 Å². The van der Waals surface area contributed by atoms with Gasteiger partial charge in [-0.2, -0.15) is 0 Å². The van der Waals surface area contributed by atoms with Gasteiger partial charge in [0.15, 0.2) is 5.82 Å². The van der Waals surface area contributed by atoms with Gasteiger partial charge >= 0.3 is 6.03 Å². The van der Waals surface area contributed by atoms with Crippen molar-refractivity contribution in [1.82, 2.24) is 20.2 Å². The lowest BCUT2D eigenvalue weighted by Crippen LogP contribution is -2.44. The van der Waals surface area contributed by atoms with Crippen LogP contribution in [-0.2, 0) is 6.54 Å². The number of aromatic nitrogens is 2. The maximum absolute atomic E-state index is 12.9. The predicted molar refractivity (Wildman–Crippen MR) is 95.6 cm³/mol. The van der Waals surface area contributed by atoms with E-state index in [4.69, 9.17) is 4.74 Å². The molecule has 2 amide bonds. The predicted octanol–water partition coefficient (Wildman–Crippen LogP) is 2.04. The second-order valence-corrected chi connectivity index (χ2v) is 6.17. The van der Waals surface area contributed by atoms with Crippen molar-refractivity contribution in [2.75, 3.05) is 32.1 Å². The van der Waals surface area contributed by atoms with E-state index in [9.17, 15) is 9.18 Å². The molecule has 1 aliphatic heterocycles. The van der Waals surface area contributed by atoms with E-state index in [-0.39, 0.29) is 17.9 Å². The number of amides is 2. The van der Waals surface area contributed by atoms with Gasteiger partial charge in [-0.15, -0.1) is 0 Å². The van der Waals surface area contributed by atoms with E-state index in [1.54, 1.807) is 43.6 Å². The standard InChI is InChI=1S/C18H22FN5O2/c1-23(18(25)22-11-13-3-5-14(19)6-4-13)15-7-10-24(12-15)16-17(26-2)21-9-8-20-16/h3-6,8-9,15H,7,10-12H2,1-2H3,(H,22,25). The largest absolute Gasteiger partial charge is 0.478 e. The third kappa shape index (κ3) is 4.01. The van der Waals surface area contributed by atoms with E-state index in [0.717, 1.165) is 18.5 Å². The molecule has 1 fully saturated rings. The van der Waals surface area contributed by atoms with Crippen molar-refractivity contribution in [2.45, 2.75) is 19.0 Å². The average Bonchev–Trinajstić information content (AvgIpc) is 3.16. The zero-order valence-corrected chi connectivity index (χ0v) is 14.9. The van der Waals surface area contributed by atoms with E-state index in [2.05, 4.69) is 20.2 Å². The lowest BCUT2D eigenvalue weighted by molar-refractivity contribution is 0.194. The molecule has 26 heavy (non-hydrogen) atoms. The molecule has 3 rings (SSSR count). The van der Waals surface area contributed by atoms with E-state index in [1.165, 1.54) is 12.1 Å². The molecule has 0 spiro atoms. The average molecular weight is 359 g/mol. The number of likely N-dealkylation sites (N-methyl/N-ethyl adjacent to an activating group) is 1. The Balaban J connectivity index is 1.56. The molecule has 2 aromatic rings. The maximum atomic E-state index is 12.9. The molecule has 1 aliphatic rings. The molecule has 1 unspecified atom stereocenters. The van der Waals surface area contributed by atoms with Gasteiger partial charge in [0.2, 0.25) is 0 Å². The number of methoxy groups -OCH3 is 1. The normalized spacial score (nSPS) is 16.4. The monoisotopic (exact) mass is 359 g/mol. The van der Waals surface area contributed by atoms with Gasteiger partial charge in [-0.1, -0.05) is 12.1 Å².